The lowest BCUT2D eigenvalue weighted by molar-refractivity contribution is -0.890. The van der Waals surface area contributed by atoms with Crippen molar-refractivity contribution in [2.45, 2.75) is 24.2 Å². The monoisotopic (exact) mass is 1140 g/mol. The van der Waals surface area contributed by atoms with E-state index in [0.717, 1.165) is 77.4 Å². The van der Waals surface area contributed by atoms with Gasteiger partial charge in [-0.2, -0.15) is 0 Å². The van der Waals surface area contributed by atoms with Crippen molar-refractivity contribution in [2.24, 2.45) is 4.99 Å². The lowest BCUT2D eigenvalue weighted by Gasteiger charge is -2.41. The highest BCUT2D eigenvalue weighted by Crippen LogP contribution is 2.56. The first kappa shape index (κ1) is 53.2. The van der Waals surface area contributed by atoms with E-state index < -0.39 is 43.1 Å². The SMILES string of the molecule is C[N+](C)(CCCS(=O)(=O)[O-])CCOc1ccc2c(c1)C1(N=c3/c(=C4\C(=O)C(c5ccc6cccc7c6c5NC5(N7)c6ccccc6-c6ccc(OCC[N+](C)(C)CCCS(=O)(=O)[O-])cc65)=C4O)ccc4cccc(c34)N1)c1ccccc1-2. The zero-order valence-corrected chi connectivity index (χ0v) is 47.3. The Morgan fingerprint density at radius 2 is 1.06 bits per heavy atom. The molecule has 8 aromatic rings. The molecular weight excluding hydrogens is 1080 g/mol. The van der Waals surface area contributed by atoms with Gasteiger partial charge in [-0.1, -0.05) is 109 Å². The summed E-state index contributed by atoms with van der Waals surface area (Å²) >= 11 is 0. The number of hydrogen-bond donors (Lipinski definition) is 4. The molecule has 0 saturated carbocycles. The highest BCUT2D eigenvalue weighted by atomic mass is 32.2. The predicted molar refractivity (Wildman–Crippen MR) is 316 cm³/mol. The first-order chi connectivity index (χ1) is 39.1. The summed E-state index contributed by atoms with van der Waals surface area (Å²) in [5.41, 5.74) is 8.60. The number of rotatable bonds is 17. The van der Waals surface area contributed by atoms with Crippen LogP contribution in [0.2, 0.25) is 0 Å². The third-order valence-corrected chi connectivity index (χ3v) is 18.6. The van der Waals surface area contributed by atoms with E-state index in [0.29, 0.717) is 81.7 Å². The quantitative estimate of drug-likeness (QED) is 0.0501. The molecule has 82 heavy (non-hydrogen) atoms. The molecule has 16 nitrogen and oxygen atoms in total. The number of aliphatic hydroxyl groups excluding tert-OH is 1. The van der Waals surface area contributed by atoms with Crippen molar-refractivity contribution in [3.8, 4) is 33.8 Å². The Kier molecular flexibility index (Phi) is 12.5. The van der Waals surface area contributed by atoms with Gasteiger partial charge >= 0.3 is 0 Å². The van der Waals surface area contributed by atoms with E-state index in [1.54, 1.807) is 0 Å². The first-order valence-electron chi connectivity index (χ1n) is 27.4. The highest BCUT2D eigenvalue weighted by Gasteiger charge is 2.49. The van der Waals surface area contributed by atoms with Gasteiger partial charge in [0.05, 0.1) is 83.7 Å². The molecule has 2 heterocycles. The number of anilines is 3. The van der Waals surface area contributed by atoms with Crippen LogP contribution in [0.5, 0.6) is 11.5 Å². The Morgan fingerprint density at radius 1 is 0.537 bits per heavy atom. The number of likely N-dealkylation sites (N-methyl/N-ethyl adjacent to an activating group) is 2. The van der Waals surface area contributed by atoms with E-state index in [1.807, 2.05) is 143 Å². The summed E-state index contributed by atoms with van der Waals surface area (Å²) in [6.07, 6.45) is 0.506. The van der Waals surface area contributed by atoms with Crippen LogP contribution in [0.1, 0.15) is 40.7 Å². The number of nitrogens with zero attached hydrogens (tertiary/aromatic N) is 3. The van der Waals surface area contributed by atoms with Gasteiger partial charge in [0.1, 0.15) is 43.6 Å². The molecule has 5 aliphatic rings. The van der Waals surface area contributed by atoms with Crippen LogP contribution in [-0.2, 0) is 36.4 Å². The summed E-state index contributed by atoms with van der Waals surface area (Å²) < 4.78 is 81.6. The maximum Gasteiger partial charge on any atom is 0.201 e. The van der Waals surface area contributed by atoms with E-state index >= 15 is 4.79 Å². The minimum atomic E-state index is -4.30. The molecule has 2 unspecified atom stereocenters. The van der Waals surface area contributed by atoms with Gasteiger partial charge in [0, 0.05) is 79.5 Å². The molecule has 0 aromatic heterocycles. The average Bonchev–Trinajstić information content (AvgIpc) is 3.30. The first-order valence-corrected chi connectivity index (χ1v) is 30.6. The Balaban J connectivity index is 0.889. The summed E-state index contributed by atoms with van der Waals surface area (Å²) in [7, 11) is -0.694. The minimum Gasteiger partial charge on any atom is -0.748 e. The number of carbonyl (C=O) groups is 1. The van der Waals surface area contributed by atoms with Gasteiger partial charge in [0.2, 0.25) is 5.78 Å². The summed E-state index contributed by atoms with van der Waals surface area (Å²) in [5, 5.41) is 28.9. The van der Waals surface area contributed by atoms with Crippen LogP contribution in [0.15, 0.2) is 156 Å². The molecule has 0 amide bonds. The fourth-order valence-electron chi connectivity index (χ4n) is 12.9. The molecule has 0 saturated heterocycles. The highest BCUT2D eigenvalue weighted by molar-refractivity contribution is 7.85. The van der Waals surface area contributed by atoms with Gasteiger partial charge in [-0.25, -0.2) is 21.8 Å². The van der Waals surface area contributed by atoms with Crippen molar-refractivity contribution in [1.82, 2.24) is 0 Å². The standard InChI is InChI=1S/C64H60N6O10S2/c1-69(2,29-11-35-81(73,74)75)31-33-79-41-23-27-45-43-15-5-7-17-49(43)63(51(45)37-41)65-53-19-9-13-39-21-25-47(59(67-63)55(39)53)57-61(71)58(62(57)72)48-26-22-40-14-10-20-54-56(40)60(48)68-64(66-54)50-18-8-6-16-44(50)46-28-24-42(38-52(46)64)80-34-32-70(3,4)30-12-36-82(76,77)78/h5-10,13-28,37-38H,11-12,29-36H2,1-4H3,(H4-2,65,66,67,68,71,72,73,74,75,76,77,78). The van der Waals surface area contributed by atoms with Crippen LogP contribution < -0.4 is 36.0 Å². The van der Waals surface area contributed by atoms with Gasteiger partial charge in [-0.3, -0.25) is 4.79 Å². The minimum absolute atomic E-state index is 0.138. The molecule has 8 aromatic carbocycles. The van der Waals surface area contributed by atoms with E-state index in [2.05, 4.69) is 46.3 Å². The number of fused-ring (bicyclic) bond motifs is 10. The molecule has 18 heteroatoms. The number of aliphatic hydroxyl groups is 1. The number of quaternary nitrogens is 2. The summed E-state index contributed by atoms with van der Waals surface area (Å²) in [4.78, 5) is 21.1. The van der Waals surface area contributed by atoms with Crippen LogP contribution in [-0.4, -0.2) is 125 Å². The fourth-order valence-corrected chi connectivity index (χ4v) is 13.9. The van der Waals surface area contributed by atoms with Gasteiger partial charge in [-0.15, -0.1) is 0 Å². The number of hydrogen-bond acceptors (Lipinski definition) is 14. The molecule has 2 atom stereocenters. The largest absolute Gasteiger partial charge is 0.748 e. The second kappa shape index (κ2) is 19.3. The summed E-state index contributed by atoms with van der Waals surface area (Å²) in [6.45, 7) is 2.79. The molecule has 2 aliphatic heterocycles. The van der Waals surface area contributed by atoms with Crippen molar-refractivity contribution in [2.75, 3.05) is 95.0 Å². The van der Waals surface area contributed by atoms with E-state index in [9.17, 15) is 31.0 Å². The van der Waals surface area contributed by atoms with Crippen molar-refractivity contribution in [3.05, 3.63) is 190 Å². The van der Waals surface area contributed by atoms with Crippen LogP contribution in [0.4, 0.5) is 17.1 Å². The van der Waals surface area contributed by atoms with Crippen LogP contribution in [0.25, 0.3) is 54.9 Å². The smallest absolute Gasteiger partial charge is 0.201 e. The zero-order chi connectivity index (χ0) is 57.1. The number of ketones is 1. The second-order valence-electron chi connectivity index (χ2n) is 23.3. The normalized spacial score (nSPS) is 19.0. The Labute approximate surface area is 475 Å². The molecule has 0 fully saturated rings. The second-order valence-corrected chi connectivity index (χ2v) is 26.4. The molecule has 13 rings (SSSR count). The number of benzene rings is 8. The predicted octanol–water partition coefficient (Wildman–Crippen LogP) is 8.12. The van der Waals surface area contributed by atoms with Crippen molar-refractivity contribution in [3.63, 3.8) is 0 Å². The van der Waals surface area contributed by atoms with Crippen LogP contribution >= 0.6 is 0 Å². The number of carbonyl (C=O) groups excluding carboxylic acids is 1. The van der Waals surface area contributed by atoms with Crippen LogP contribution in [0.3, 0.4) is 0 Å². The Hall–Kier alpha value is -8.10. The van der Waals surface area contributed by atoms with Crippen LogP contribution in [0, 0.1) is 0 Å². The third kappa shape index (κ3) is 9.04. The lowest BCUT2D eigenvalue weighted by Crippen LogP contribution is -2.45. The van der Waals surface area contributed by atoms with Crippen molar-refractivity contribution < 1.29 is 54.3 Å². The fraction of sp³-hybridized carbons (Fsp3) is 0.250. The lowest BCUT2D eigenvalue weighted by atomic mass is 9.79. The molecule has 418 valence electrons. The molecule has 3 aliphatic carbocycles. The molecule has 4 N–H and O–H groups in total. The van der Waals surface area contributed by atoms with Crippen molar-refractivity contribution >= 4 is 75.8 Å². The topological polar surface area (TPSA) is 219 Å². The number of allylic oxidation sites excluding steroid dienone is 2. The summed E-state index contributed by atoms with van der Waals surface area (Å²) in [5.74, 6) is -0.0333. The van der Waals surface area contributed by atoms with Gasteiger partial charge in [0.15, 0.2) is 11.3 Å². The maximum absolute atomic E-state index is 15.4. The third-order valence-electron chi connectivity index (χ3n) is 17.0. The molecule has 0 bridgehead atoms. The van der Waals surface area contributed by atoms with Gasteiger partial charge in [0.25, 0.3) is 0 Å². The zero-order valence-electron chi connectivity index (χ0n) is 45.7. The number of Topliss-reactive ketones (excluding diaryl/α,β-unsaturated/α-hetero) is 1. The Bertz CT molecular complexity index is 4470. The van der Waals surface area contributed by atoms with E-state index in [4.69, 9.17) is 14.5 Å². The van der Waals surface area contributed by atoms with Gasteiger partial charge in [-0.05, 0) is 69.4 Å². The molecule has 2 spiro atoms. The summed E-state index contributed by atoms with van der Waals surface area (Å²) in [6, 6.07) is 48.1. The van der Waals surface area contributed by atoms with Gasteiger partial charge < -0.3 is 48.6 Å². The number of ether oxygens (including phenoxy) is 2. The molecular formula is C64H60N6O10S2. The average molecular weight is 1140 g/mol. The maximum atomic E-state index is 15.4. The molecule has 0 radical (unpaired) electrons. The van der Waals surface area contributed by atoms with Crippen molar-refractivity contribution in [1.29, 1.82) is 0 Å². The number of nitrogens with one attached hydrogen (secondary N) is 3. The Morgan fingerprint density at radius 3 is 1.68 bits per heavy atom. The van der Waals surface area contributed by atoms with E-state index in [-0.39, 0.29) is 35.5 Å². The van der Waals surface area contributed by atoms with E-state index in [1.165, 1.54) is 0 Å².